The second-order valence-electron chi connectivity index (χ2n) is 4.76. The maximum atomic E-state index is 11.2. The minimum Gasteiger partial charge on any atom is -0.366 e. The molecule has 2 aromatic rings. The number of aryl methyl sites for hydroxylation is 1. The van der Waals surface area contributed by atoms with Crippen LogP contribution in [0.15, 0.2) is 30.8 Å². The number of nitrogens with zero attached hydrogens (tertiary/aromatic N) is 2. The maximum Gasteiger partial charge on any atom is 0.248 e. The lowest BCUT2D eigenvalue weighted by atomic mass is 10.1. The van der Waals surface area contributed by atoms with Crippen LogP contribution in [0.25, 0.3) is 16.5 Å². The molecule has 1 aromatic heterocycles. The van der Waals surface area contributed by atoms with Crippen LogP contribution < -0.4 is 10.6 Å². The molecule has 1 amide bonds. The molecule has 0 unspecified atom stereocenters. The lowest BCUT2D eigenvalue weighted by Crippen LogP contribution is -2.13. The smallest absolute Gasteiger partial charge is 0.248 e. The normalized spacial score (nSPS) is 10.7. The molecule has 0 aliphatic rings. The summed E-state index contributed by atoms with van der Waals surface area (Å²) in [5.41, 5.74) is 7.54. The van der Waals surface area contributed by atoms with Gasteiger partial charge in [-0.1, -0.05) is 12.6 Å². The van der Waals surface area contributed by atoms with Crippen LogP contribution in [-0.2, 0) is 11.3 Å². The third-order valence-corrected chi connectivity index (χ3v) is 3.30. The van der Waals surface area contributed by atoms with Crippen LogP contribution in [-0.4, -0.2) is 24.6 Å². The van der Waals surface area contributed by atoms with E-state index in [9.17, 15) is 4.79 Å². The van der Waals surface area contributed by atoms with E-state index in [0.29, 0.717) is 5.57 Å². The minimum absolute atomic E-state index is 0.345. The third kappa shape index (κ3) is 2.21. The molecule has 0 saturated carbocycles. The van der Waals surface area contributed by atoms with Crippen LogP contribution in [0.2, 0.25) is 0 Å². The van der Waals surface area contributed by atoms with Crippen LogP contribution in [0.5, 0.6) is 0 Å². The molecule has 4 nitrogen and oxygen atoms in total. The number of carbonyl (C=O) groups is 1. The summed E-state index contributed by atoms with van der Waals surface area (Å²) in [5.74, 6) is 0.654. The van der Waals surface area contributed by atoms with E-state index in [-0.39, 0.29) is 0 Å². The molecule has 100 valence electrons. The van der Waals surface area contributed by atoms with E-state index in [1.54, 1.807) is 0 Å². The average molecular weight is 257 g/mol. The Balaban J connectivity index is 2.62. The molecule has 0 atom stereocenters. The van der Waals surface area contributed by atoms with Gasteiger partial charge in [0.25, 0.3) is 0 Å². The Kier molecular flexibility index (Phi) is 3.34. The number of fused-ring (bicyclic) bond motifs is 1. The van der Waals surface area contributed by atoms with E-state index >= 15 is 0 Å². The maximum absolute atomic E-state index is 11.2. The summed E-state index contributed by atoms with van der Waals surface area (Å²) in [6.45, 7) is 6.73. The summed E-state index contributed by atoms with van der Waals surface area (Å²) < 4.78 is 2.23. The van der Waals surface area contributed by atoms with Gasteiger partial charge in [-0.3, -0.25) is 4.79 Å². The van der Waals surface area contributed by atoms with Gasteiger partial charge >= 0.3 is 0 Å². The van der Waals surface area contributed by atoms with Crippen LogP contribution in [0.1, 0.15) is 12.5 Å². The monoisotopic (exact) mass is 257 g/mol. The van der Waals surface area contributed by atoms with Gasteiger partial charge in [0.05, 0.1) is 0 Å². The Morgan fingerprint density at radius 2 is 2.05 bits per heavy atom. The highest BCUT2D eigenvalue weighted by molar-refractivity contribution is 6.18. The van der Waals surface area contributed by atoms with E-state index in [2.05, 4.69) is 29.0 Å². The molecule has 0 aliphatic carbocycles. The summed E-state index contributed by atoms with van der Waals surface area (Å²) in [5, 5.41) is 1.09. The number of nitrogens with two attached hydrogens (primary N) is 1. The number of hydrogen-bond acceptors (Lipinski definition) is 2. The van der Waals surface area contributed by atoms with Crippen molar-refractivity contribution in [3.8, 4) is 0 Å². The quantitative estimate of drug-likeness (QED) is 0.854. The first-order valence-electron chi connectivity index (χ1n) is 6.25. The fourth-order valence-corrected chi connectivity index (χ4v) is 2.29. The number of primary amides is 1. The molecule has 19 heavy (non-hydrogen) atoms. The molecule has 0 aliphatic heterocycles. The van der Waals surface area contributed by atoms with Crippen molar-refractivity contribution in [1.29, 1.82) is 0 Å². The molecular weight excluding hydrogens is 238 g/mol. The first kappa shape index (κ1) is 13.2. The number of rotatable bonds is 4. The van der Waals surface area contributed by atoms with E-state index in [0.717, 1.165) is 28.8 Å². The summed E-state index contributed by atoms with van der Waals surface area (Å²) >= 11 is 0. The van der Waals surface area contributed by atoms with Gasteiger partial charge in [-0.05, 0) is 30.7 Å². The van der Waals surface area contributed by atoms with Crippen molar-refractivity contribution < 1.29 is 4.79 Å². The Morgan fingerprint density at radius 1 is 1.37 bits per heavy atom. The lowest BCUT2D eigenvalue weighted by molar-refractivity contribution is -0.112. The van der Waals surface area contributed by atoms with Gasteiger partial charge in [-0.15, -0.1) is 0 Å². The van der Waals surface area contributed by atoms with Gasteiger partial charge in [0, 0.05) is 37.1 Å². The summed E-state index contributed by atoms with van der Waals surface area (Å²) in [6.07, 6.45) is 0. The van der Waals surface area contributed by atoms with E-state index in [1.807, 2.05) is 32.3 Å². The van der Waals surface area contributed by atoms with Crippen LogP contribution in [0.3, 0.4) is 0 Å². The highest BCUT2D eigenvalue weighted by atomic mass is 16.1. The molecule has 0 bridgehead atoms. The molecule has 4 heteroatoms. The predicted molar refractivity (Wildman–Crippen MR) is 80.2 cm³/mol. The number of anilines is 1. The molecule has 0 spiro atoms. The second-order valence-corrected chi connectivity index (χ2v) is 4.76. The molecule has 0 saturated heterocycles. The zero-order valence-electron chi connectivity index (χ0n) is 11.6. The van der Waals surface area contributed by atoms with Gasteiger partial charge in [-0.25, -0.2) is 0 Å². The zero-order valence-corrected chi connectivity index (χ0v) is 11.6. The van der Waals surface area contributed by atoms with E-state index in [4.69, 9.17) is 5.73 Å². The Labute approximate surface area is 113 Å². The van der Waals surface area contributed by atoms with Crippen molar-refractivity contribution in [2.45, 2.75) is 13.5 Å². The van der Waals surface area contributed by atoms with Gasteiger partial charge in [0.15, 0.2) is 0 Å². The topological polar surface area (TPSA) is 51.3 Å². The van der Waals surface area contributed by atoms with Gasteiger partial charge in [-0.2, -0.15) is 0 Å². The molecule has 2 N–H and O–H groups in total. The van der Waals surface area contributed by atoms with E-state index < -0.39 is 5.91 Å². The SMILES string of the molecule is C=C(C(N)=O)c1ccc2c(c1)cc(N(C)C)n2CC. The van der Waals surface area contributed by atoms with E-state index in [1.165, 1.54) is 0 Å². The molecular formula is C15H19N3O. The molecule has 0 radical (unpaired) electrons. The van der Waals surface area contributed by atoms with Crippen molar-refractivity contribution in [3.63, 3.8) is 0 Å². The fourth-order valence-electron chi connectivity index (χ4n) is 2.29. The molecule has 2 rings (SSSR count). The van der Waals surface area contributed by atoms with Gasteiger partial charge in [0.1, 0.15) is 5.82 Å². The number of benzene rings is 1. The minimum atomic E-state index is -0.484. The number of hydrogen-bond donors (Lipinski definition) is 1. The zero-order chi connectivity index (χ0) is 14.2. The number of aromatic nitrogens is 1. The Hall–Kier alpha value is -2.23. The first-order valence-corrected chi connectivity index (χ1v) is 6.25. The second kappa shape index (κ2) is 4.80. The summed E-state index contributed by atoms with van der Waals surface area (Å²) in [4.78, 5) is 13.3. The largest absolute Gasteiger partial charge is 0.366 e. The van der Waals surface area contributed by atoms with Crippen LogP contribution in [0, 0.1) is 0 Å². The van der Waals surface area contributed by atoms with Crippen LogP contribution >= 0.6 is 0 Å². The molecule has 1 heterocycles. The average Bonchev–Trinajstić information content (AvgIpc) is 2.75. The van der Waals surface area contributed by atoms with Crippen molar-refractivity contribution in [2.75, 3.05) is 19.0 Å². The number of amides is 1. The van der Waals surface area contributed by atoms with Crippen molar-refractivity contribution in [3.05, 3.63) is 36.4 Å². The Morgan fingerprint density at radius 3 is 2.58 bits per heavy atom. The third-order valence-electron chi connectivity index (χ3n) is 3.30. The van der Waals surface area contributed by atoms with Crippen molar-refractivity contribution in [2.24, 2.45) is 5.73 Å². The van der Waals surface area contributed by atoms with Crippen LogP contribution in [0.4, 0.5) is 5.82 Å². The van der Waals surface area contributed by atoms with Gasteiger partial charge in [0.2, 0.25) is 5.91 Å². The highest BCUT2D eigenvalue weighted by Crippen LogP contribution is 2.28. The highest BCUT2D eigenvalue weighted by Gasteiger charge is 2.11. The van der Waals surface area contributed by atoms with Crippen molar-refractivity contribution >= 4 is 28.2 Å². The van der Waals surface area contributed by atoms with Gasteiger partial charge < -0.3 is 15.2 Å². The molecule has 0 fully saturated rings. The number of carbonyl (C=O) groups excluding carboxylic acids is 1. The fraction of sp³-hybridized carbons (Fsp3) is 0.267. The summed E-state index contributed by atoms with van der Waals surface area (Å²) in [7, 11) is 4.03. The summed E-state index contributed by atoms with van der Waals surface area (Å²) in [6, 6.07) is 7.97. The van der Waals surface area contributed by atoms with Crippen molar-refractivity contribution in [1.82, 2.24) is 4.57 Å². The Bertz CT molecular complexity index is 653. The lowest BCUT2D eigenvalue weighted by Gasteiger charge is -2.15. The first-order chi connectivity index (χ1) is 8.95. The molecule has 1 aromatic carbocycles. The standard InChI is InChI=1S/C15H19N3O/c1-5-18-13-7-6-11(10(2)15(16)19)8-12(13)9-14(18)17(3)4/h6-9H,2,5H2,1,3-4H3,(H2,16,19). The predicted octanol–water partition coefficient (Wildman–Crippen LogP) is 2.23.